The molecule has 52 valence electrons. The smallest absolute Gasteiger partial charge is 0.310 e. The number of halogens is 1. The number of ether oxygens (including phenoxy) is 1. The molecule has 1 aliphatic carbocycles. The molecular formula is C6H9ClO2. The molecule has 0 saturated heterocycles. The molecule has 0 unspecified atom stereocenters. The van der Waals surface area contributed by atoms with Crippen molar-refractivity contribution in [2.24, 2.45) is 5.92 Å². The van der Waals surface area contributed by atoms with E-state index >= 15 is 0 Å². The lowest BCUT2D eigenvalue weighted by Crippen LogP contribution is -2.10. The van der Waals surface area contributed by atoms with Crippen LogP contribution in [0.25, 0.3) is 0 Å². The van der Waals surface area contributed by atoms with Crippen LogP contribution in [0.15, 0.2) is 0 Å². The van der Waals surface area contributed by atoms with Crippen LogP contribution < -0.4 is 0 Å². The number of esters is 1. The third-order valence-electron chi connectivity index (χ3n) is 1.19. The van der Waals surface area contributed by atoms with Gasteiger partial charge in [0.2, 0.25) is 0 Å². The summed E-state index contributed by atoms with van der Waals surface area (Å²) >= 11 is 5.40. The normalized spacial score (nSPS) is 21.1. The van der Waals surface area contributed by atoms with E-state index in [0.717, 1.165) is 12.8 Å². The highest BCUT2D eigenvalue weighted by molar-refractivity contribution is 6.20. The average molecular weight is 149 g/mol. The van der Waals surface area contributed by atoms with Crippen molar-refractivity contribution in [2.45, 2.75) is 25.3 Å². The van der Waals surface area contributed by atoms with E-state index in [-0.39, 0.29) is 11.9 Å². The van der Waals surface area contributed by atoms with Crippen LogP contribution in [0.2, 0.25) is 0 Å². The second-order valence-electron chi connectivity index (χ2n) is 2.25. The van der Waals surface area contributed by atoms with Gasteiger partial charge in [0.1, 0.15) is 0 Å². The van der Waals surface area contributed by atoms with Crippen LogP contribution in [-0.2, 0) is 9.53 Å². The summed E-state index contributed by atoms with van der Waals surface area (Å²) in [5.74, 6) is 0.0173. The first-order valence-corrected chi connectivity index (χ1v) is 3.48. The fourth-order valence-corrected chi connectivity index (χ4v) is 0.663. The summed E-state index contributed by atoms with van der Waals surface area (Å²) in [4.78, 5) is 10.7. The number of rotatable bonds is 2. The minimum Gasteiger partial charge on any atom is -0.446 e. The summed E-state index contributed by atoms with van der Waals surface area (Å²) in [6.45, 7) is 1.64. The Bertz CT molecular complexity index is 118. The van der Waals surface area contributed by atoms with Crippen molar-refractivity contribution in [3.8, 4) is 0 Å². The van der Waals surface area contributed by atoms with E-state index in [2.05, 4.69) is 0 Å². The Morgan fingerprint density at radius 1 is 1.78 bits per heavy atom. The topological polar surface area (TPSA) is 26.3 Å². The minimum absolute atomic E-state index is 0.141. The van der Waals surface area contributed by atoms with Crippen molar-refractivity contribution in [2.75, 3.05) is 0 Å². The Morgan fingerprint density at radius 2 is 2.33 bits per heavy atom. The van der Waals surface area contributed by atoms with Crippen LogP contribution >= 0.6 is 11.6 Å². The number of hydrogen-bond acceptors (Lipinski definition) is 2. The molecule has 0 aromatic carbocycles. The number of hydrogen-bond donors (Lipinski definition) is 0. The Balaban J connectivity index is 2.18. The summed E-state index contributed by atoms with van der Waals surface area (Å²) in [5, 5.41) is 0. The van der Waals surface area contributed by atoms with Crippen molar-refractivity contribution in [1.29, 1.82) is 0 Å². The van der Waals surface area contributed by atoms with E-state index in [1.807, 2.05) is 0 Å². The predicted molar refractivity (Wildman–Crippen MR) is 34.1 cm³/mol. The van der Waals surface area contributed by atoms with Crippen LogP contribution in [0.1, 0.15) is 19.8 Å². The van der Waals surface area contributed by atoms with Crippen molar-refractivity contribution < 1.29 is 9.53 Å². The van der Waals surface area contributed by atoms with Gasteiger partial charge in [-0.15, -0.1) is 0 Å². The third kappa shape index (κ3) is 2.22. The van der Waals surface area contributed by atoms with E-state index < -0.39 is 5.56 Å². The maximum Gasteiger partial charge on any atom is 0.310 e. The Hall–Kier alpha value is -0.240. The molecule has 0 heterocycles. The average Bonchev–Trinajstić information content (AvgIpc) is 2.40. The molecule has 1 fully saturated rings. The van der Waals surface area contributed by atoms with Gasteiger partial charge in [-0.25, -0.2) is 0 Å². The second kappa shape index (κ2) is 2.56. The van der Waals surface area contributed by atoms with Crippen LogP contribution in [-0.4, -0.2) is 11.5 Å². The summed E-state index contributed by atoms with van der Waals surface area (Å²) in [6.07, 6.45) is 1.95. The molecule has 1 saturated carbocycles. The molecule has 0 amide bonds. The molecule has 1 aliphatic rings. The Morgan fingerprint density at radius 3 is 2.67 bits per heavy atom. The first-order valence-electron chi connectivity index (χ1n) is 3.04. The van der Waals surface area contributed by atoms with E-state index in [9.17, 15) is 4.79 Å². The molecule has 0 radical (unpaired) electrons. The number of carbonyl (C=O) groups is 1. The van der Waals surface area contributed by atoms with Crippen molar-refractivity contribution in [1.82, 2.24) is 0 Å². The van der Waals surface area contributed by atoms with Crippen molar-refractivity contribution in [3.63, 3.8) is 0 Å². The zero-order chi connectivity index (χ0) is 6.85. The van der Waals surface area contributed by atoms with Gasteiger partial charge in [-0.1, -0.05) is 11.6 Å². The molecule has 3 heteroatoms. The number of alkyl halides is 1. The maximum absolute atomic E-state index is 10.7. The summed E-state index contributed by atoms with van der Waals surface area (Å²) in [5.41, 5.74) is -0.474. The molecule has 0 spiro atoms. The highest BCUT2D eigenvalue weighted by atomic mass is 35.5. The second-order valence-corrected chi connectivity index (χ2v) is 2.87. The zero-order valence-electron chi connectivity index (χ0n) is 5.26. The standard InChI is InChI=1S/C6H9ClO2/c1-4(7)9-6(8)5-2-3-5/h4-5H,2-3H2,1H3/t4-/m0/s1. The highest BCUT2D eigenvalue weighted by Crippen LogP contribution is 2.30. The van der Waals surface area contributed by atoms with Gasteiger partial charge in [-0.3, -0.25) is 4.79 Å². The van der Waals surface area contributed by atoms with Crippen LogP contribution in [0.5, 0.6) is 0 Å². The van der Waals surface area contributed by atoms with E-state index in [1.54, 1.807) is 6.92 Å². The van der Waals surface area contributed by atoms with Gasteiger partial charge >= 0.3 is 5.97 Å². The lowest BCUT2D eigenvalue weighted by Gasteiger charge is -2.03. The van der Waals surface area contributed by atoms with Gasteiger partial charge in [0.15, 0.2) is 5.56 Å². The van der Waals surface area contributed by atoms with Gasteiger partial charge in [0.25, 0.3) is 0 Å². The molecular weight excluding hydrogens is 140 g/mol. The van der Waals surface area contributed by atoms with Gasteiger partial charge in [0, 0.05) is 0 Å². The molecule has 0 aliphatic heterocycles. The van der Waals surface area contributed by atoms with E-state index in [4.69, 9.17) is 16.3 Å². The maximum atomic E-state index is 10.7. The van der Waals surface area contributed by atoms with Crippen LogP contribution in [0.4, 0.5) is 0 Å². The van der Waals surface area contributed by atoms with Gasteiger partial charge in [0.05, 0.1) is 5.92 Å². The number of carbonyl (C=O) groups excluding carboxylic acids is 1. The Kier molecular flexibility index (Phi) is 1.96. The predicted octanol–water partition coefficient (Wildman–Crippen LogP) is 1.52. The highest BCUT2D eigenvalue weighted by Gasteiger charge is 2.31. The molecule has 0 bridgehead atoms. The molecule has 0 N–H and O–H groups in total. The first kappa shape index (κ1) is 6.87. The lowest BCUT2D eigenvalue weighted by molar-refractivity contribution is -0.146. The third-order valence-corrected chi connectivity index (χ3v) is 1.28. The van der Waals surface area contributed by atoms with E-state index in [1.165, 1.54) is 0 Å². The quantitative estimate of drug-likeness (QED) is 0.439. The first-order chi connectivity index (χ1) is 4.20. The summed E-state index contributed by atoms with van der Waals surface area (Å²) in [7, 11) is 0. The van der Waals surface area contributed by atoms with Crippen molar-refractivity contribution in [3.05, 3.63) is 0 Å². The lowest BCUT2D eigenvalue weighted by atomic mass is 10.4. The monoisotopic (exact) mass is 148 g/mol. The molecule has 1 rings (SSSR count). The largest absolute Gasteiger partial charge is 0.446 e. The van der Waals surface area contributed by atoms with Crippen LogP contribution in [0.3, 0.4) is 0 Å². The summed E-state index contributed by atoms with van der Waals surface area (Å²) < 4.78 is 4.70. The van der Waals surface area contributed by atoms with E-state index in [0.29, 0.717) is 0 Å². The molecule has 9 heavy (non-hydrogen) atoms. The van der Waals surface area contributed by atoms with Crippen LogP contribution in [0, 0.1) is 5.92 Å². The molecule has 0 aromatic heterocycles. The SMILES string of the molecule is C[C@@H](Cl)OC(=O)C1CC1. The molecule has 2 nitrogen and oxygen atoms in total. The zero-order valence-corrected chi connectivity index (χ0v) is 6.02. The molecule has 0 aromatic rings. The summed E-state index contributed by atoms with van der Waals surface area (Å²) in [6, 6.07) is 0. The Labute approximate surface area is 59.1 Å². The van der Waals surface area contributed by atoms with Gasteiger partial charge < -0.3 is 4.74 Å². The van der Waals surface area contributed by atoms with Crippen molar-refractivity contribution >= 4 is 17.6 Å². The van der Waals surface area contributed by atoms with Gasteiger partial charge in [-0.05, 0) is 19.8 Å². The fraction of sp³-hybridized carbons (Fsp3) is 0.833. The van der Waals surface area contributed by atoms with Gasteiger partial charge in [-0.2, -0.15) is 0 Å². The molecule has 1 atom stereocenters. The minimum atomic E-state index is -0.474. The fourth-order valence-electron chi connectivity index (χ4n) is 0.575.